The van der Waals surface area contributed by atoms with Crippen LogP contribution in [-0.2, 0) is 0 Å². The van der Waals surface area contributed by atoms with Gasteiger partial charge in [-0.25, -0.2) is 0 Å². The monoisotopic (exact) mass is 246 g/mol. The van der Waals surface area contributed by atoms with E-state index in [4.69, 9.17) is 0 Å². The molecule has 0 aromatic heterocycles. The third-order valence-corrected chi connectivity index (χ3v) is 5.35. The van der Waals surface area contributed by atoms with Crippen molar-refractivity contribution in [3.63, 3.8) is 0 Å². The van der Waals surface area contributed by atoms with Gasteiger partial charge in [-0.2, -0.15) is 11.8 Å². The molecular weight excluding hydrogens is 228 g/mol. The number of hydrogen-bond donors (Lipinski definition) is 0. The van der Waals surface area contributed by atoms with Gasteiger partial charge in [-0.15, -0.1) is 0 Å². The lowest BCUT2D eigenvalue weighted by Gasteiger charge is -2.26. The van der Waals surface area contributed by atoms with Gasteiger partial charge >= 0.3 is 0 Å². The summed E-state index contributed by atoms with van der Waals surface area (Å²) in [5.74, 6) is 2.23. The maximum Gasteiger partial charge on any atom is 0.175 e. The highest BCUT2D eigenvalue weighted by Gasteiger charge is 2.25. The van der Waals surface area contributed by atoms with Crippen LogP contribution in [0.2, 0.25) is 0 Å². The maximum absolute atomic E-state index is 12.3. The summed E-state index contributed by atoms with van der Waals surface area (Å²) >= 11 is 1.83. The van der Waals surface area contributed by atoms with E-state index in [1.54, 1.807) is 0 Å². The van der Waals surface area contributed by atoms with E-state index >= 15 is 0 Å². The molecule has 1 saturated carbocycles. The first-order valence-corrected chi connectivity index (χ1v) is 7.65. The number of thioether (sulfide) groups is 1. The average molecular weight is 246 g/mol. The standard InChI is InChI=1S/C15H18OS/c16-15(14-8-3-9-17-14)13-7-2-6-12(10-13)11-4-1-5-11/h2,6-7,10-11,14H,1,3-5,8-9H2. The molecular formula is C15H18OS. The normalized spacial score (nSPS) is 24.6. The number of benzene rings is 1. The molecule has 1 aliphatic carbocycles. The number of ketones is 1. The Kier molecular flexibility index (Phi) is 3.24. The van der Waals surface area contributed by atoms with Crippen molar-refractivity contribution in [1.82, 2.24) is 0 Å². The molecule has 1 heterocycles. The SMILES string of the molecule is O=C(c1cccc(C2CCC2)c1)C1CCCS1. The summed E-state index contributed by atoms with van der Waals surface area (Å²) in [4.78, 5) is 12.3. The summed E-state index contributed by atoms with van der Waals surface area (Å²) < 4.78 is 0. The van der Waals surface area contributed by atoms with Gasteiger partial charge in [0.05, 0.1) is 5.25 Å². The quantitative estimate of drug-likeness (QED) is 0.749. The second kappa shape index (κ2) is 4.85. The van der Waals surface area contributed by atoms with E-state index in [1.807, 2.05) is 17.8 Å². The summed E-state index contributed by atoms with van der Waals surface area (Å²) in [6.45, 7) is 0. The van der Waals surface area contributed by atoms with E-state index in [-0.39, 0.29) is 5.25 Å². The first-order chi connectivity index (χ1) is 8.34. The summed E-state index contributed by atoms with van der Waals surface area (Å²) in [7, 11) is 0. The predicted octanol–water partition coefficient (Wildman–Crippen LogP) is 4.03. The van der Waals surface area contributed by atoms with Crippen molar-refractivity contribution in [3.05, 3.63) is 35.4 Å². The van der Waals surface area contributed by atoms with Crippen LogP contribution >= 0.6 is 11.8 Å². The van der Waals surface area contributed by atoms with Crippen molar-refractivity contribution in [2.24, 2.45) is 0 Å². The molecule has 1 saturated heterocycles. The van der Waals surface area contributed by atoms with Crippen LogP contribution in [0.15, 0.2) is 24.3 Å². The van der Waals surface area contributed by atoms with Crippen molar-refractivity contribution in [2.75, 3.05) is 5.75 Å². The molecule has 0 amide bonds. The molecule has 1 nitrogen and oxygen atoms in total. The fraction of sp³-hybridized carbons (Fsp3) is 0.533. The number of carbonyl (C=O) groups excluding carboxylic acids is 1. The van der Waals surface area contributed by atoms with Crippen molar-refractivity contribution in [1.29, 1.82) is 0 Å². The lowest BCUT2D eigenvalue weighted by molar-refractivity contribution is 0.0988. The van der Waals surface area contributed by atoms with E-state index in [9.17, 15) is 4.79 Å². The van der Waals surface area contributed by atoms with Crippen molar-refractivity contribution in [2.45, 2.75) is 43.3 Å². The van der Waals surface area contributed by atoms with E-state index in [2.05, 4.69) is 18.2 Å². The molecule has 1 atom stereocenters. The van der Waals surface area contributed by atoms with E-state index in [0.29, 0.717) is 5.78 Å². The first kappa shape index (κ1) is 11.3. The van der Waals surface area contributed by atoms with Crippen LogP contribution in [0.5, 0.6) is 0 Å². The molecule has 1 unspecified atom stereocenters. The third-order valence-electron chi connectivity index (χ3n) is 3.97. The van der Waals surface area contributed by atoms with Gasteiger partial charge in [-0.05, 0) is 49.0 Å². The van der Waals surface area contributed by atoms with Crippen LogP contribution in [0, 0.1) is 0 Å². The Morgan fingerprint density at radius 2 is 2.06 bits per heavy atom. The van der Waals surface area contributed by atoms with E-state index in [0.717, 1.165) is 23.7 Å². The topological polar surface area (TPSA) is 17.1 Å². The van der Waals surface area contributed by atoms with Crippen LogP contribution in [0.1, 0.15) is 53.9 Å². The van der Waals surface area contributed by atoms with Crippen molar-refractivity contribution < 1.29 is 4.79 Å². The molecule has 0 N–H and O–H groups in total. The minimum absolute atomic E-state index is 0.228. The molecule has 1 aliphatic heterocycles. The van der Waals surface area contributed by atoms with Crippen LogP contribution < -0.4 is 0 Å². The number of hydrogen-bond acceptors (Lipinski definition) is 2. The Balaban J connectivity index is 1.79. The van der Waals surface area contributed by atoms with Crippen LogP contribution in [0.4, 0.5) is 0 Å². The highest BCUT2D eigenvalue weighted by Crippen LogP contribution is 2.37. The molecule has 3 rings (SSSR count). The first-order valence-electron chi connectivity index (χ1n) is 6.60. The number of carbonyl (C=O) groups is 1. The number of Topliss-reactive ketones (excluding diaryl/α,β-unsaturated/α-hetero) is 1. The Labute approximate surface area is 107 Å². The lowest BCUT2D eigenvalue weighted by atomic mass is 9.79. The smallest absolute Gasteiger partial charge is 0.175 e. The van der Waals surface area contributed by atoms with Gasteiger partial charge in [0.1, 0.15) is 0 Å². The molecule has 17 heavy (non-hydrogen) atoms. The molecule has 2 fully saturated rings. The second-order valence-corrected chi connectivity index (χ2v) is 6.43. The zero-order chi connectivity index (χ0) is 11.7. The Morgan fingerprint density at radius 3 is 2.71 bits per heavy atom. The summed E-state index contributed by atoms with van der Waals surface area (Å²) in [6, 6.07) is 8.37. The largest absolute Gasteiger partial charge is 0.293 e. The van der Waals surface area contributed by atoms with Gasteiger partial charge in [-0.1, -0.05) is 24.6 Å². The zero-order valence-electron chi connectivity index (χ0n) is 10.0. The highest BCUT2D eigenvalue weighted by molar-refractivity contribution is 8.00. The van der Waals surface area contributed by atoms with Gasteiger partial charge < -0.3 is 0 Å². The molecule has 0 bridgehead atoms. The average Bonchev–Trinajstić information content (AvgIpc) is 2.79. The predicted molar refractivity (Wildman–Crippen MR) is 72.8 cm³/mol. The Morgan fingerprint density at radius 1 is 1.18 bits per heavy atom. The Hall–Kier alpha value is -0.760. The van der Waals surface area contributed by atoms with Gasteiger partial charge in [0.25, 0.3) is 0 Å². The van der Waals surface area contributed by atoms with Crippen LogP contribution in [0.25, 0.3) is 0 Å². The molecule has 90 valence electrons. The lowest BCUT2D eigenvalue weighted by Crippen LogP contribution is -2.15. The van der Waals surface area contributed by atoms with Gasteiger partial charge in [-0.3, -0.25) is 4.79 Å². The molecule has 0 radical (unpaired) electrons. The van der Waals surface area contributed by atoms with Crippen molar-refractivity contribution >= 4 is 17.5 Å². The molecule has 0 spiro atoms. The Bertz CT molecular complexity index is 417. The van der Waals surface area contributed by atoms with Crippen LogP contribution in [-0.4, -0.2) is 16.8 Å². The second-order valence-electron chi connectivity index (χ2n) is 5.12. The fourth-order valence-electron chi connectivity index (χ4n) is 2.66. The maximum atomic E-state index is 12.3. The summed E-state index contributed by atoms with van der Waals surface area (Å²) in [6.07, 6.45) is 6.22. The highest BCUT2D eigenvalue weighted by atomic mass is 32.2. The minimum Gasteiger partial charge on any atom is -0.293 e. The summed E-state index contributed by atoms with van der Waals surface area (Å²) in [5, 5.41) is 0.228. The van der Waals surface area contributed by atoms with Crippen molar-refractivity contribution in [3.8, 4) is 0 Å². The molecule has 2 heteroatoms. The number of rotatable bonds is 3. The third kappa shape index (κ3) is 2.28. The minimum atomic E-state index is 0.228. The van der Waals surface area contributed by atoms with Gasteiger partial charge in [0, 0.05) is 5.56 Å². The fourth-order valence-corrected chi connectivity index (χ4v) is 3.90. The molecule has 1 aromatic rings. The molecule has 1 aromatic carbocycles. The molecule has 2 aliphatic rings. The van der Waals surface area contributed by atoms with Crippen LogP contribution in [0.3, 0.4) is 0 Å². The van der Waals surface area contributed by atoms with Gasteiger partial charge in [0.15, 0.2) is 5.78 Å². The van der Waals surface area contributed by atoms with Gasteiger partial charge in [0.2, 0.25) is 0 Å². The van der Waals surface area contributed by atoms with E-state index < -0.39 is 0 Å². The zero-order valence-corrected chi connectivity index (χ0v) is 10.8. The van der Waals surface area contributed by atoms with E-state index in [1.165, 1.54) is 31.2 Å². The summed E-state index contributed by atoms with van der Waals surface area (Å²) in [5.41, 5.74) is 2.32.